The summed E-state index contributed by atoms with van der Waals surface area (Å²) in [6.45, 7) is 7.97. The molecule has 4 atom stereocenters. The van der Waals surface area contributed by atoms with Crippen LogP contribution in [0.1, 0.15) is 25.8 Å². The molecule has 3 amide bonds. The van der Waals surface area contributed by atoms with E-state index in [1.54, 1.807) is 6.08 Å². The molecule has 1 aromatic rings. The highest BCUT2D eigenvalue weighted by Crippen LogP contribution is 2.54. The average molecular weight is 432 g/mol. The molecule has 0 unspecified atom stereocenters. The van der Waals surface area contributed by atoms with Crippen molar-refractivity contribution in [3.63, 3.8) is 0 Å². The van der Waals surface area contributed by atoms with Gasteiger partial charge in [0.05, 0.1) is 11.8 Å². The van der Waals surface area contributed by atoms with Crippen molar-refractivity contribution < 1.29 is 14.4 Å². The topological polar surface area (TPSA) is 78.5 Å². The number of carbonyl (C=O) groups is 3. The van der Waals surface area contributed by atoms with Crippen molar-refractivity contribution in [2.75, 3.05) is 11.9 Å². The highest BCUT2D eigenvalue weighted by atomic mass is 79.9. The van der Waals surface area contributed by atoms with E-state index in [1.165, 1.54) is 4.90 Å². The summed E-state index contributed by atoms with van der Waals surface area (Å²) in [7, 11) is 0. The van der Waals surface area contributed by atoms with E-state index in [0.29, 0.717) is 18.0 Å². The van der Waals surface area contributed by atoms with E-state index in [9.17, 15) is 14.4 Å². The second kappa shape index (κ2) is 6.27. The van der Waals surface area contributed by atoms with Crippen LogP contribution in [0.5, 0.6) is 0 Å². The molecule has 6 nitrogen and oxygen atoms in total. The van der Waals surface area contributed by atoms with Gasteiger partial charge in [-0.05, 0) is 30.5 Å². The van der Waals surface area contributed by atoms with Crippen molar-refractivity contribution in [1.29, 1.82) is 0 Å². The molecule has 3 heterocycles. The van der Waals surface area contributed by atoms with Crippen molar-refractivity contribution in [3.8, 4) is 0 Å². The number of anilines is 1. The molecule has 4 rings (SSSR count). The van der Waals surface area contributed by atoms with Crippen LogP contribution in [0, 0.1) is 17.8 Å². The summed E-state index contributed by atoms with van der Waals surface area (Å²) in [4.78, 5) is 40.7. The first-order chi connectivity index (χ1) is 12.8. The van der Waals surface area contributed by atoms with E-state index >= 15 is 0 Å². The lowest BCUT2D eigenvalue weighted by atomic mass is 9.76. The molecule has 2 saturated heterocycles. The quantitative estimate of drug-likeness (QED) is 0.566. The maximum Gasteiger partial charge on any atom is 0.250 e. The number of likely N-dealkylation sites (tertiary alicyclic amines) is 1. The van der Waals surface area contributed by atoms with Gasteiger partial charge in [-0.25, -0.2) is 0 Å². The van der Waals surface area contributed by atoms with Gasteiger partial charge in [0.2, 0.25) is 17.7 Å². The van der Waals surface area contributed by atoms with Gasteiger partial charge < -0.3 is 5.32 Å². The average Bonchev–Trinajstić information content (AvgIpc) is 3.16. The molecular weight excluding hydrogens is 410 g/mol. The number of fused-ring (bicyclic) bond motifs is 4. The highest BCUT2D eigenvalue weighted by Gasteiger charge is 2.70. The van der Waals surface area contributed by atoms with Gasteiger partial charge in [-0.3, -0.25) is 24.6 Å². The van der Waals surface area contributed by atoms with Crippen LogP contribution in [0.25, 0.3) is 0 Å². The van der Waals surface area contributed by atoms with Crippen molar-refractivity contribution >= 4 is 39.3 Å². The van der Waals surface area contributed by atoms with Gasteiger partial charge in [0.1, 0.15) is 5.54 Å². The van der Waals surface area contributed by atoms with Gasteiger partial charge in [-0.15, -0.1) is 6.58 Å². The molecule has 7 heteroatoms. The van der Waals surface area contributed by atoms with Crippen LogP contribution in [-0.2, 0) is 19.9 Å². The summed E-state index contributed by atoms with van der Waals surface area (Å²) in [6, 6.07) is 5.29. The minimum Gasteiger partial charge on any atom is -0.324 e. The second-order valence-corrected chi connectivity index (χ2v) is 8.83. The number of nitrogens with one attached hydrogen (secondary N) is 2. The van der Waals surface area contributed by atoms with E-state index in [-0.39, 0.29) is 30.3 Å². The summed E-state index contributed by atoms with van der Waals surface area (Å²) in [5.41, 5.74) is 0.193. The van der Waals surface area contributed by atoms with Gasteiger partial charge in [-0.2, -0.15) is 0 Å². The third kappa shape index (κ3) is 2.44. The third-order valence-electron chi connectivity index (χ3n) is 5.81. The van der Waals surface area contributed by atoms with E-state index < -0.39 is 17.4 Å². The van der Waals surface area contributed by atoms with Crippen LogP contribution in [0.15, 0.2) is 35.3 Å². The Kier molecular flexibility index (Phi) is 4.27. The van der Waals surface area contributed by atoms with Crippen LogP contribution in [-0.4, -0.2) is 35.2 Å². The van der Waals surface area contributed by atoms with E-state index in [4.69, 9.17) is 0 Å². The molecule has 27 heavy (non-hydrogen) atoms. The Hall–Kier alpha value is -1.99. The van der Waals surface area contributed by atoms with Crippen LogP contribution >= 0.6 is 15.9 Å². The fourth-order valence-corrected chi connectivity index (χ4v) is 5.21. The van der Waals surface area contributed by atoms with E-state index in [0.717, 1.165) is 10.0 Å². The third-order valence-corrected chi connectivity index (χ3v) is 6.30. The molecule has 2 fully saturated rings. The predicted molar refractivity (Wildman–Crippen MR) is 105 cm³/mol. The van der Waals surface area contributed by atoms with Crippen LogP contribution in [0.4, 0.5) is 5.69 Å². The Balaban J connectivity index is 1.89. The lowest BCUT2D eigenvalue weighted by Crippen LogP contribution is -2.53. The van der Waals surface area contributed by atoms with Crippen molar-refractivity contribution in [3.05, 3.63) is 40.9 Å². The first kappa shape index (κ1) is 18.4. The molecule has 142 valence electrons. The molecule has 0 radical (unpaired) electrons. The van der Waals surface area contributed by atoms with Gasteiger partial charge in [0.15, 0.2) is 0 Å². The van der Waals surface area contributed by atoms with Gasteiger partial charge in [-0.1, -0.05) is 35.9 Å². The van der Waals surface area contributed by atoms with Crippen molar-refractivity contribution in [1.82, 2.24) is 10.2 Å². The monoisotopic (exact) mass is 431 g/mol. The van der Waals surface area contributed by atoms with E-state index in [1.807, 2.05) is 18.2 Å². The van der Waals surface area contributed by atoms with Gasteiger partial charge >= 0.3 is 0 Å². The fraction of sp³-hybridized carbons (Fsp3) is 0.450. The molecular formula is C20H22BrN3O3. The number of nitrogens with zero attached hydrogens (tertiary/aromatic N) is 1. The summed E-state index contributed by atoms with van der Waals surface area (Å²) in [5.74, 6) is -1.75. The Morgan fingerprint density at radius 3 is 2.70 bits per heavy atom. The normalized spacial score (nSPS) is 31.6. The standard InChI is InChI=1S/C20H22BrN3O3/c1-4-7-24-17(25)15-14(8-10(2)3)23-20(16(15)18(24)26)12-9-11(21)5-6-13(12)22-19(20)27/h4-6,9-10,14-16,23H,1,7-8H2,2-3H3,(H,22,27)/t14-,15+,16+,20+/m1/s1. The largest absolute Gasteiger partial charge is 0.324 e. The number of hydrogen-bond acceptors (Lipinski definition) is 4. The fourth-order valence-electron chi connectivity index (χ4n) is 4.85. The Morgan fingerprint density at radius 2 is 2.04 bits per heavy atom. The maximum absolute atomic E-state index is 13.2. The molecule has 2 N–H and O–H groups in total. The number of benzene rings is 1. The lowest BCUT2D eigenvalue weighted by molar-refractivity contribution is -0.142. The first-order valence-corrected chi connectivity index (χ1v) is 9.95. The van der Waals surface area contributed by atoms with Crippen LogP contribution in [0.3, 0.4) is 0 Å². The number of halogens is 1. The predicted octanol–water partition coefficient (Wildman–Crippen LogP) is 2.40. The highest BCUT2D eigenvalue weighted by molar-refractivity contribution is 9.10. The zero-order chi connectivity index (χ0) is 19.5. The molecule has 0 bridgehead atoms. The minimum absolute atomic E-state index is 0.169. The van der Waals surface area contributed by atoms with Crippen LogP contribution < -0.4 is 10.6 Å². The maximum atomic E-state index is 13.2. The summed E-state index contributed by atoms with van der Waals surface area (Å²) < 4.78 is 0.822. The Labute approximate surface area is 166 Å². The lowest BCUT2D eigenvalue weighted by Gasteiger charge is -2.29. The number of amides is 3. The summed E-state index contributed by atoms with van der Waals surface area (Å²) in [5, 5.41) is 6.33. The smallest absolute Gasteiger partial charge is 0.250 e. The zero-order valence-electron chi connectivity index (χ0n) is 15.3. The van der Waals surface area contributed by atoms with Crippen molar-refractivity contribution in [2.45, 2.75) is 31.8 Å². The summed E-state index contributed by atoms with van der Waals surface area (Å²) >= 11 is 3.46. The molecule has 0 aliphatic carbocycles. The minimum atomic E-state index is -1.22. The number of hydrogen-bond donors (Lipinski definition) is 2. The molecule has 0 aromatic heterocycles. The van der Waals surface area contributed by atoms with Crippen molar-refractivity contribution in [2.24, 2.45) is 17.8 Å². The summed E-state index contributed by atoms with van der Waals surface area (Å²) in [6.07, 6.45) is 2.26. The van der Waals surface area contributed by atoms with Crippen LogP contribution in [0.2, 0.25) is 0 Å². The number of carbonyl (C=O) groups excluding carboxylic acids is 3. The van der Waals surface area contributed by atoms with E-state index in [2.05, 4.69) is 47.0 Å². The molecule has 3 aliphatic rings. The SMILES string of the molecule is C=CCN1C(=O)[C@@H]2[C@@H](C1=O)[C@]1(N[C@@H]2CC(C)C)C(=O)Nc2ccc(Br)cc21. The van der Waals surface area contributed by atoms with Gasteiger partial charge in [0, 0.05) is 28.3 Å². The Morgan fingerprint density at radius 1 is 1.30 bits per heavy atom. The first-order valence-electron chi connectivity index (χ1n) is 9.16. The number of rotatable bonds is 4. The second-order valence-electron chi connectivity index (χ2n) is 7.91. The Bertz CT molecular complexity index is 868. The van der Waals surface area contributed by atoms with Gasteiger partial charge in [0.25, 0.3) is 0 Å². The number of imide groups is 1. The molecule has 1 aromatic carbocycles. The molecule has 3 aliphatic heterocycles. The molecule has 0 saturated carbocycles. The molecule has 1 spiro atoms. The zero-order valence-corrected chi connectivity index (χ0v) is 16.9.